The molecule has 0 aromatic rings. The van der Waals surface area contributed by atoms with Crippen molar-refractivity contribution in [2.45, 2.75) is 69.0 Å². The molecule has 1 rings (SSSR count). The number of nitrogens with one attached hydrogen (secondary N) is 4. The van der Waals surface area contributed by atoms with E-state index in [0.29, 0.717) is 12.8 Å². The van der Waals surface area contributed by atoms with Crippen molar-refractivity contribution in [3.05, 3.63) is 0 Å². The topological polar surface area (TPSA) is 281 Å². The molecule has 7 atom stereocenters. The monoisotopic (exact) mass is 548 g/mol. The lowest BCUT2D eigenvalue weighted by Gasteiger charge is -2.28. The highest BCUT2D eigenvalue weighted by Crippen LogP contribution is 2.19. The number of likely N-dealkylation sites (tertiary alicyclic amines) is 1. The van der Waals surface area contributed by atoms with Crippen LogP contribution in [0.1, 0.15) is 26.7 Å². The lowest BCUT2D eigenvalue weighted by molar-refractivity contribution is -0.143. The third-order valence-electron chi connectivity index (χ3n) is 5.82. The molecule has 1 aliphatic rings. The lowest BCUT2D eigenvalue weighted by Crippen LogP contribution is -2.60. The molecule has 0 bridgehead atoms. The van der Waals surface area contributed by atoms with Gasteiger partial charge < -0.3 is 57.4 Å². The van der Waals surface area contributed by atoms with E-state index < -0.39 is 97.7 Å². The Morgan fingerprint density at radius 1 is 0.842 bits per heavy atom. The van der Waals surface area contributed by atoms with E-state index in [4.69, 9.17) is 15.9 Å². The molecule has 1 fully saturated rings. The van der Waals surface area contributed by atoms with Crippen LogP contribution in [0.25, 0.3) is 0 Å². The summed E-state index contributed by atoms with van der Waals surface area (Å²) < 4.78 is 0. The first kappa shape index (κ1) is 32.6. The van der Waals surface area contributed by atoms with Crippen LogP contribution in [0, 0.1) is 0 Å². The standard InChI is InChI=1S/C21H36N6O11/c1-9(23-19(35)14-4-3-5-27(14)20(36)15(22)10(2)31)16(32)24-11(6-28)17(33)25-12(7-29)18(34)26-13(8-30)21(37)38/h9-15,28-31H,3-8,22H2,1-2H3,(H,23,35)(H,24,32)(H,25,33)(H,26,34)(H,37,38)/t9-,10+,11-,12-,13-,14-,15-/m0/s1. The fourth-order valence-corrected chi connectivity index (χ4v) is 3.49. The molecule has 11 N–H and O–H groups in total. The maximum absolute atomic E-state index is 12.7. The van der Waals surface area contributed by atoms with Crippen LogP contribution in [0.4, 0.5) is 0 Å². The molecule has 0 aromatic carbocycles. The van der Waals surface area contributed by atoms with Crippen LogP contribution in [0.15, 0.2) is 0 Å². The molecule has 17 heteroatoms. The first-order valence-corrected chi connectivity index (χ1v) is 11.8. The molecule has 0 spiro atoms. The lowest BCUT2D eigenvalue weighted by atomic mass is 10.1. The molecule has 0 aliphatic carbocycles. The number of aliphatic carboxylic acids is 1. The van der Waals surface area contributed by atoms with Crippen molar-refractivity contribution >= 4 is 35.5 Å². The summed E-state index contributed by atoms with van der Waals surface area (Å²) in [6.45, 7) is -0.00214. The highest BCUT2D eigenvalue weighted by atomic mass is 16.4. The van der Waals surface area contributed by atoms with Gasteiger partial charge in [-0.1, -0.05) is 0 Å². The first-order valence-electron chi connectivity index (χ1n) is 11.8. The number of rotatable bonds is 14. The van der Waals surface area contributed by atoms with E-state index >= 15 is 0 Å². The molecule has 0 unspecified atom stereocenters. The quantitative estimate of drug-likeness (QED) is 0.0970. The van der Waals surface area contributed by atoms with Crippen molar-refractivity contribution in [2.24, 2.45) is 5.73 Å². The molecule has 216 valence electrons. The summed E-state index contributed by atoms with van der Waals surface area (Å²) in [5.41, 5.74) is 5.68. The van der Waals surface area contributed by atoms with E-state index in [-0.39, 0.29) is 6.54 Å². The maximum atomic E-state index is 12.7. The van der Waals surface area contributed by atoms with E-state index in [1.807, 2.05) is 10.6 Å². The second-order valence-electron chi connectivity index (χ2n) is 8.76. The van der Waals surface area contributed by atoms with Crippen molar-refractivity contribution < 1.29 is 54.3 Å². The van der Waals surface area contributed by atoms with Gasteiger partial charge >= 0.3 is 5.97 Å². The predicted molar refractivity (Wildman–Crippen MR) is 127 cm³/mol. The molecule has 1 saturated heterocycles. The summed E-state index contributed by atoms with van der Waals surface area (Å²) in [5.74, 6) is -6.00. The van der Waals surface area contributed by atoms with Crippen molar-refractivity contribution in [3.63, 3.8) is 0 Å². The summed E-state index contributed by atoms with van der Waals surface area (Å²) in [4.78, 5) is 74.5. The maximum Gasteiger partial charge on any atom is 0.328 e. The van der Waals surface area contributed by atoms with Gasteiger partial charge in [0.15, 0.2) is 0 Å². The van der Waals surface area contributed by atoms with Crippen molar-refractivity contribution in [2.75, 3.05) is 26.4 Å². The molecule has 1 heterocycles. The number of aliphatic hydroxyl groups is 4. The van der Waals surface area contributed by atoms with E-state index in [1.54, 1.807) is 0 Å². The van der Waals surface area contributed by atoms with Gasteiger partial charge in [-0.2, -0.15) is 0 Å². The third kappa shape index (κ3) is 8.88. The Morgan fingerprint density at radius 2 is 1.32 bits per heavy atom. The number of aliphatic hydroxyl groups excluding tert-OH is 4. The molecular weight excluding hydrogens is 512 g/mol. The summed E-state index contributed by atoms with van der Waals surface area (Å²) in [7, 11) is 0. The minimum Gasteiger partial charge on any atom is -0.480 e. The summed E-state index contributed by atoms with van der Waals surface area (Å²) in [6, 6.07) is -8.37. The summed E-state index contributed by atoms with van der Waals surface area (Å²) in [6.07, 6.45) is -0.346. The van der Waals surface area contributed by atoms with Crippen LogP contribution in [-0.2, 0) is 28.8 Å². The Morgan fingerprint density at radius 3 is 1.76 bits per heavy atom. The average Bonchev–Trinajstić information content (AvgIpc) is 3.37. The molecule has 38 heavy (non-hydrogen) atoms. The van der Waals surface area contributed by atoms with Gasteiger partial charge in [-0.05, 0) is 26.7 Å². The molecule has 17 nitrogen and oxygen atoms in total. The number of carbonyl (C=O) groups excluding carboxylic acids is 5. The van der Waals surface area contributed by atoms with E-state index in [9.17, 15) is 44.1 Å². The van der Waals surface area contributed by atoms with Gasteiger partial charge in [0.05, 0.1) is 25.9 Å². The Hall–Kier alpha value is -3.38. The van der Waals surface area contributed by atoms with Crippen LogP contribution in [-0.4, -0.2) is 135 Å². The van der Waals surface area contributed by atoms with Gasteiger partial charge in [-0.15, -0.1) is 0 Å². The summed E-state index contributed by atoms with van der Waals surface area (Å²) >= 11 is 0. The second-order valence-corrected chi connectivity index (χ2v) is 8.76. The zero-order valence-electron chi connectivity index (χ0n) is 21.0. The van der Waals surface area contributed by atoms with Crippen molar-refractivity contribution in [1.29, 1.82) is 0 Å². The van der Waals surface area contributed by atoms with Crippen LogP contribution >= 0.6 is 0 Å². The Balaban J connectivity index is 2.75. The minimum atomic E-state index is -1.69. The highest BCUT2D eigenvalue weighted by molar-refractivity contribution is 5.96. The molecular formula is C21H36N6O11. The van der Waals surface area contributed by atoms with Crippen LogP contribution < -0.4 is 27.0 Å². The van der Waals surface area contributed by atoms with Gasteiger partial charge in [0, 0.05) is 6.54 Å². The molecule has 0 radical (unpaired) electrons. The average molecular weight is 549 g/mol. The van der Waals surface area contributed by atoms with E-state index in [0.717, 1.165) is 0 Å². The van der Waals surface area contributed by atoms with E-state index in [2.05, 4.69) is 10.6 Å². The van der Waals surface area contributed by atoms with Gasteiger partial charge in [0.2, 0.25) is 29.5 Å². The number of nitrogens with zero attached hydrogens (tertiary/aromatic N) is 1. The Kier molecular flexibility index (Phi) is 13.0. The number of nitrogens with two attached hydrogens (primary N) is 1. The third-order valence-corrected chi connectivity index (χ3v) is 5.82. The molecule has 5 amide bonds. The van der Waals surface area contributed by atoms with Gasteiger partial charge in [0.1, 0.15) is 36.3 Å². The van der Waals surface area contributed by atoms with E-state index in [1.165, 1.54) is 18.7 Å². The Labute approximate surface area is 217 Å². The Bertz CT molecular complexity index is 886. The zero-order valence-corrected chi connectivity index (χ0v) is 21.0. The number of amides is 5. The fraction of sp³-hybridized carbons (Fsp3) is 0.714. The second kappa shape index (κ2) is 15.1. The smallest absolute Gasteiger partial charge is 0.328 e. The molecule has 1 aliphatic heterocycles. The number of carboxylic acid groups (broad SMARTS) is 1. The van der Waals surface area contributed by atoms with Crippen LogP contribution in [0.2, 0.25) is 0 Å². The van der Waals surface area contributed by atoms with Gasteiger partial charge in [-0.3, -0.25) is 24.0 Å². The predicted octanol–water partition coefficient (Wildman–Crippen LogP) is -6.29. The van der Waals surface area contributed by atoms with Gasteiger partial charge in [-0.25, -0.2) is 4.79 Å². The van der Waals surface area contributed by atoms with Crippen molar-refractivity contribution in [3.8, 4) is 0 Å². The van der Waals surface area contributed by atoms with Crippen molar-refractivity contribution in [1.82, 2.24) is 26.2 Å². The van der Waals surface area contributed by atoms with Gasteiger partial charge in [0.25, 0.3) is 0 Å². The first-order chi connectivity index (χ1) is 17.8. The fourth-order valence-electron chi connectivity index (χ4n) is 3.49. The SMILES string of the molecule is C[C@H](NC(=O)[C@@H]1CCCN1C(=O)[C@@H](N)[C@@H](C)O)C(=O)N[C@@H](CO)C(=O)N[C@@H](CO)C(=O)N[C@@H](CO)C(=O)O. The highest BCUT2D eigenvalue weighted by Gasteiger charge is 2.38. The minimum absolute atomic E-state index is 0.232. The summed E-state index contributed by atoms with van der Waals surface area (Å²) in [5, 5.41) is 54.9. The van der Waals surface area contributed by atoms with Crippen LogP contribution in [0.3, 0.4) is 0 Å². The number of carboxylic acids is 1. The normalized spacial score (nSPS) is 19.8. The number of carbonyl (C=O) groups is 6. The zero-order chi connectivity index (χ0) is 29.2. The number of hydrogen-bond donors (Lipinski definition) is 10. The largest absolute Gasteiger partial charge is 0.480 e. The molecule has 0 aromatic heterocycles. The number of hydrogen-bond acceptors (Lipinski definition) is 11. The molecule has 0 saturated carbocycles. The van der Waals surface area contributed by atoms with Crippen LogP contribution in [0.5, 0.6) is 0 Å².